The van der Waals surface area contributed by atoms with E-state index in [9.17, 15) is 4.79 Å². The molecule has 4 atom stereocenters. The smallest absolute Gasteiger partial charge is 0.227 e. The van der Waals surface area contributed by atoms with Gasteiger partial charge in [-0.2, -0.15) is 0 Å². The second kappa shape index (κ2) is 9.08. The third kappa shape index (κ3) is 4.12. The number of hydrogen-bond acceptors (Lipinski definition) is 2. The summed E-state index contributed by atoms with van der Waals surface area (Å²) in [6, 6.07) is 31.1. The fourth-order valence-electron chi connectivity index (χ4n) is 7.11. The summed E-state index contributed by atoms with van der Waals surface area (Å²) >= 11 is 0. The van der Waals surface area contributed by atoms with Crippen LogP contribution in [0.1, 0.15) is 36.8 Å². The Morgan fingerprint density at radius 3 is 2.11 bits per heavy atom. The molecule has 1 aliphatic carbocycles. The van der Waals surface area contributed by atoms with E-state index in [0.29, 0.717) is 11.8 Å². The van der Waals surface area contributed by atoms with Gasteiger partial charge in [0, 0.05) is 12.3 Å². The minimum Gasteiger partial charge on any atom is -0.488 e. The quantitative estimate of drug-likeness (QED) is 0.460. The molecule has 0 aromatic heterocycles. The number of quaternary nitrogens is 1. The SMILES string of the molecule is C[N+]1(CCOc2ccccc2)CCC(C2CC23CCC(c2ccccc2)(c2ccccc2)NC3=O)C1. The lowest BCUT2D eigenvalue weighted by Crippen LogP contribution is -2.54. The lowest BCUT2D eigenvalue weighted by molar-refractivity contribution is -0.899. The van der Waals surface area contributed by atoms with Gasteiger partial charge >= 0.3 is 0 Å². The van der Waals surface area contributed by atoms with E-state index >= 15 is 0 Å². The molecule has 4 heteroatoms. The average molecular weight is 482 g/mol. The number of likely N-dealkylation sites (N-methyl/N-ethyl adjacent to an activating group) is 1. The minimum absolute atomic E-state index is 0.173. The van der Waals surface area contributed by atoms with Crippen LogP contribution in [-0.4, -0.2) is 43.7 Å². The third-order valence-electron chi connectivity index (χ3n) is 9.32. The van der Waals surface area contributed by atoms with E-state index in [1.54, 1.807) is 0 Å². The van der Waals surface area contributed by atoms with Crippen molar-refractivity contribution in [3.05, 3.63) is 102 Å². The molecule has 0 bridgehead atoms. The molecule has 1 saturated carbocycles. The number of hydrogen-bond donors (Lipinski definition) is 1. The van der Waals surface area contributed by atoms with Gasteiger partial charge in [-0.05, 0) is 48.4 Å². The molecule has 1 spiro atoms. The van der Waals surface area contributed by atoms with Gasteiger partial charge in [0.2, 0.25) is 5.91 Å². The zero-order chi connectivity index (χ0) is 24.6. The largest absolute Gasteiger partial charge is 0.488 e. The summed E-state index contributed by atoms with van der Waals surface area (Å²) < 4.78 is 7.04. The van der Waals surface area contributed by atoms with Crippen LogP contribution in [0.4, 0.5) is 0 Å². The molecule has 3 aromatic carbocycles. The molecule has 1 N–H and O–H groups in total. The lowest BCUT2D eigenvalue weighted by Gasteiger charge is -2.43. The van der Waals surface area contributed by atoms with E-state index in [0.717, 1.165) is 49.2 Å². The number of nitrogens with one attached hydrogen (secondary N) is 1. The molecule has 36 heavy (non-hydrogen) atoms. The number of nitrogens with zero attached hydrogens (tertiary/aromatic N) is 1. The third-order valence-corrected chi connectivity index (χ3v) is 9.32. The first-order chi connectivity index (χ1) is 17.5. The normalized spacial score (nSPS) is 30.6. The van der Waals surface area contributed by atoms with Gasteiger partial charge in [0.15, 0.2) is 0 Å². The first-order valence-corrected chi connectivity index (χ1v) is 13.5. The maximum atomic E-state index is 13.9. The van der Waals surface area contributed by atoms with Crippen molar-refractivity contribution in [2.24, 2.45) is 17.3 Å². The van der Waals surface area contributed by atoms with Crippen molar-refractivity contribution in [1.29, 1.82) is 0 Å². The fourth-order valence-corrected chi connectivity index (χ4v) is 7.11. The lowest BCUT2D eigenvalue weighted by atomic mass is 9.72. The highest BCUT2D eigenvalue weighted by atomic mass is 16.5. The molecule has 0 radical (unpaired) electrons. The second-order valence-electron chi connectivity index (χ2n) is 11.5. The summed E-state index contributed by atoms with van der Waals surface area (Å²) in [4.78, 5) is 13.9. The molecule has 3 aliphatic rings. The van der Waals surface area contributed by atoms with Crippen LogP contribution in [0.2, 0.25) is 0 Å². The predicted molar refractivity (Wildman–Crippen MR) is 142 cm³/mol. The number of carbonyl (C=O) groups excluding carboxylic acids is 1. The van der Waals surface area contributed by atoms with Crippen LogP contribution in [0.3, 0.4) is 0 Å². The van der Waals surface area contributed by atoms with E-state index in [4.69, 9.17) is 4.74 Å². The van der Waals surface area contributed by atoms with Crippen LogP contribution < -0.4 is 10.1 Å². The number of carbonyl (C=O) groups is 1. The minimum atomic E-state index is -0.437. The van der Waals surface area contributed by atoms with Crippen LogP contribution in [0.15, 0.2) is 91.0 Å². The van der Waals surface area contributed by atoms with Gasteiger partial charge in [-0.15, -0.1) is 0 Å². The molecule has 6 rings (SSSR count). The Hall–Kier alpha value is -3.11. The predicted octanol–water partition coefficient (Wildman–Crippen LogP) is 5.39. The van der Waals surface area contributed by atoms with Crippen molar-refractivity contribution in [3.63, 3.8) is 0 Å². The Morgan fingerprint density at radius 2 is 1.50 bits per heavy atom. The Labute approximate surface area is 214 Å². The number of likely N-dealkylation sites (tertiary alicyclic amines) is 1. The van der Waals surface area contributed by atoms with E-state index in [2.05, 4.69) is 60.9 Å². The molecule has 2 saturated heterocycles. The zero-order valence-corrected chi connectivity index (χ0v) is 21.2. The highest BCUT2D eigenvalue weighted by Gasteiger charge is 2.67. The van der Waals surface area contributed by atoms with Gasteiger partial charge in [-0.3, -0.25) is 4.79 Å². The van der Waals surface area contributed by atoms with Gasteiger partial charge in [-0.25, -0.2) is 0 Å². The molecule has 186 valence electrons. The molecule has 1 amide bonds. The molecule has 4 unspecified atom stereocenters. The molecule has 2 aliphatic heterocycles. The van der Waals surface area contributed by atoms with Crippen LogP contribution in [0.25, 0.3) is 0 Å². The topological polar surface area (TPSA) is 38.3 Å². The number of amides is 1. The Balaban J connectivity index is 1.13. The Bertz CT molecular complexity index is 1160. The standard InChI is InChI=1S/C32H36N2O2/c1-34(21-22-36-28-15-9-4-10-16-28)20-17-25(24-34)29-23-31(29)18-19-32(33-30(31)35,26-11-5-2-6-12-26)27-13-7-3-8-14-27/h2-16,25,29H,17-24H2,1H3/p+1. The van der Waals surface area contributed by atoms with Gasteiger partial charge in [-0.1, -0.05) is 78.9 Å². The number of benzene rings is 3. The first kappa shape index (κ1) is 23.3. The summed E-state index contributed by atoms with van der Waals surface area (Å²) in [6.07, 6.45) is 4.17. The van der Waals surface area contributed by atoms with E-state index in [1.165, 1.54) is 24.1 Å². The Morgan fingerprint density at radius 1 is 0.889 bits per heavy atom. The van der Waals surface area contributed by atoms with Crippen molar-refractivity contribution in [2.75, 3.05) is 33.3 Å². The van der Waals surface area contributed by atoms with Gasteiger partial charge in [0.1, 0.15) is 18.9 Å². The molecule has 3 fully saturated rings. The number of piperidine rings is 1. The maximum absolute atomic E-state index is 13.9. The molecular weight excluding hydrogens is 444 g/mol. The van der Waals surface area contributed by atoms with Crippen LogP contribution >= 0.6 is 0 Å². The molecule has 2 heterocycles. The number of para-hydroxylation sites is 1. The van der Waals surface area contributed by atoms with Crippen LogP contribution in [0.5, 0.6) is 5.75 Å². The van der Waals surface area contributed by atoms with E-state index < -0.39 is 5.54 Å². The van der Waals surface area contributed by atoms with Crippen molar-refractivity contribution in [2.45, 2.75) is 31.2 Å². The van der Waals surface area contributed by atoms with Crippen molar-refractivity contribution < 1.29 is 14.0 Å². The molecule has 4 nitrogen and oxygen atoms in total. The van der Waals surface area contributed by atoms with Crippen LogP contribution in [0, 0.1) is 17.3 Å². The maximum Gasteiger partial charge on any atom is 0.227 e. The number of ether oxygens (including phenoxy) is 1. The van der Waals surface area contributed by atoms with Crippen molar-refractivity contribution in [3.8, 4) is 5.75 Å². The summed E-state index contributed by atoms with van der Waals surface area (Å²) in [6.45, 7) is 4.08. The first-order valence-electron chi connectivity index (χ1n) is 13.5. The zero-order valence-electron chi connectivity index (χ0n) is 21.2. The average Bonchev–Trinajstić information content (AvgIpc) is 3.53. The van der Waals surface area contributed by atoms with Gasteiger partial charge < -0.3 is 14.5 Å². The van der Waals surface area contributed by atoms with Crippen molar-refractivity contribution >= 4 is 5.91 Å². The molecular formula is C32H37N2O2+. The van der Waals surface area contributed by atoms with E-state index in [1.807, 2.05) is 42.5 Å². The summed E-state index contributed by atoms with van der Waals surface area (Å²) in [7, 11) is 2.36. The summed E-state index contributed by atoms with van der Waals surface area (Å²) in [5.74, 6) is 2.34. The Kier molecular flexibility index (Phi) is 5.88. The summed E-state index contributed by atoms with van der Waals surface area (Å²) in [5, 5.41) is 3.58. The highest BCUT2D eigenvalue weighted by molar-refractivity contribution is 5.88. The fraction of sp³-hybridized carbons (Fsp3) is 0.406. The monoisotopic (exact) mass is 481 g/mol. The van der Waals surface area contributed by atoms with Crippen molar-refractivity contribution in [1.82, 2.24) is 5.32 Å². The van der Waals surface area contributed by atoms with Gasteiger partial charge in [0.05, 0.1) is 31.1 Å². The van der Waals surface area contributed by atoms with Crippen LogP contribution in [-0.2, 0) is 10.3 Å². The number of rotatable bonds is 7. The second-order valence-corrected chi connectivity index (χ2v) is 11.5. The van der Waals surface area contributed by atoms with Gasteiger partial charge in [0.25, 0.3) is 0 Å². The molecule has 3 aromatic rings. The highest BCUT2D eigenvalue weighted by Crippen LogP contribution is 2.64. The van der Waals surface area contributed by atoms with E-state index in [-0.39, 0.29) is 11.3 Å². The summed E-state index contributed by atoms with van der Waals surface area (Å²) in [5.41, 5.74) is 1.75.